The first-order chi connectivity index (χ1) is 0. The van der Waals surface area contributed by atoms with Crippen molar-refractivity contribution in [2.24, 2.45) is 0 Å². The second-order valence-corrected chi connectivity index (χ2v) is 0. The molecule has 0 radical (unpaired) electrons. The van der Waals surface area contributed by atoms with E-state index in [0.717, 1.165) is 0 Å². The van der Waals surface area contributed by atoms with Crippen molar-refractivity contribution in [1.29, 1.82) is 0 Å². The van der Waals surface area contributed by atoms with Gasteiger partial charge in [0, 0.05) is 0 Å². The Bertz CT molecular complexity index is 10.4. The molecule has 0 bridgehead atoms. The summed E-state index contributed by atoms with van der Waals surface area (Å²) in [4.78, 5) is 0. The van der Waals surface area contributed by atoms with Gasteiger partial charge in [0.15, 0.2) is 0 Å². The van der Waals surface area contributed by atoms with Gasteiger partial charge in [0.25, 0.3) is 0 Å². The standard InChI is InChI=1S/2Al.ClH.5H2O/h;;1H;5*1H2/q2*+3;;;;;;/p-6. The molecule has 0 rings (SSSR count). The Balaban J connectivity index is 0. The van der Waals surface area contributed by atoms with Crippen LogP contribution in [-0.4, -0.2) is 62.1 Å². The maximum absolute atomic E-state index is 0. The van der Waals surface area contributed by atoms with Gasteiger partial charge in [-0.2, -0.15) is 0 Å². The molecule has 0 saturated heterocycles. The van der Waals surface area contributed by atoms with Crippen LogP contribution in [0.3, 0.4) is 0 Å². The molecule has 0 heterocycles. The Kier molecular flexibility index (Phi) is 17900. The van der Waals surface area contributed by atoms with Crippen LogP contribution in [0.2, 0.25) is 0 Å². The summed E-state index contributed by atoms with van der Waals surface area (Å²) in [5.41, 5.74) is 0. The topological polar surface area (TPSA) is 150 Å². The number of halogens is 1. The van der Waals surface area contributed by atoms with E-state index in [9.17, 15) is 0 Å². The minimum atomic E-state index is 0. The van der Waals surface area contributed by atoms with Gasteiger partial charge in [-0.15, -0.1) is 0 Å². The fraction of sp³-hybridized carbons (Fsp3) is 0. The fourth-order valence-electron chi connectivity index (χ4n) is 0. The minimum absolute atomic E-state index is 0. The van der Waals surface area contributed by atoms with Crippen molar-refractivity contribution < 1.29 is 39.8 Å². The van der Waals surface area contributed by atoms with Crippen LogP contribution in [0.5, 0.6) is 0 Å². The zero-order valence-electron chi connectivity index (χ0n) is 3.77. The van der Waals surface area contributed by atoms with Crippen LogP contribution < -0.4 is 12.4 Å². The summed E-state index contributed by atoms with van der Waals surface area (Å²) >= 11 is 0. The average molecular weight is 174 g/mol. The van der Waals surface area contributed by atoms with Crippen LogP contribution in [0.1, 0.15) is 0 Å². The van der Waals surface area contributed by atoms with Gasteiger partial charge in [0.2, 0.25) is 0 Å². The Hall–Kier alpha value is 1.15. The molecule has 0 spiro atoms. The molecule has 0 atom stereocenters. The van der Waals surface area contributed by atoms with E-state index in [1.807, 2.05) is 0 Å². The van der Waals surface area contributed by atoms with Crippen molar-refractivity contribution in [3.63, 3.8) is 0 Å². The van der Waals surface area contributed by atoms with Crippen LogP contribution in [0.15, 0.2) is 0 Å². The molecule has 0 aromatic heterocycles. The molecular formula is H5Al2ClO5. The minimum Gasteiger partial charge on any atom is -1.00 e. The Labute approximate surface area is 74.7 Å². The second kappa shape index (κ2) is 313. The fourth-order valence-corrected chi connectivity index (χ4v) is 0. The van der Waals surface area contributed by atoms with Crippen LogP contribution in [0.4, 0.5) is 0 Å². The van der Waals surface area contributed by atoms with Gasteiger partial charge >= 0.3 is 34.7 Å². The first-order valence-corrected chi connectivity index (χ1v) is 0. The van der Waals surface area contributed by atoms with Crippen LogP contribution in [0, 0.1) is 0 Å². The van der Waals surface area contributed by atoms with Crippen molar-refractivity contribution >= 4 is 34.7 Å². The molecule has 0 unspecified atom stereocenters. The Morgan fingerprint density at radius 1 is 0.375 bits per heavy atom. The quantitative estimate of drug-likeness (QED) is 0.338. The molecule has 0 saturated carbocycles. The normalized spacial score (nSPS) is 0. The van der Waals surface area contributed by atoms with E-state index in [1.54, 1.807) is 0 Å². The van der Waals surface area contributed by atoms with Gasteiger partial charge in [-0.05, 0) is 0 Å². The summed E-state index contributed by atoms with van der Waals surface area (Å²) < 4.78 is 0. The molecule has 5 nitrogen and oxygen atoms in total. The zero-order valence-corrected chi connectivity index (χ0v) is 6.83. The van der Waals surface area contributed by atoms with Crippen LogP contribution in [-0.2, 0) is 0 Å². The molecule has 0 aliphatic carbocycles. The van der Waals surface area contributed by atoms with E-state index in [2.05, 4.69) is 0 Å². The van der Waals surface area contributed by atoms with Crippen molar-refractivity contribution in [2.45, 2.75) is 0 Å². The van der Waals surface area contributed by atoms with Gasteiger partial charge < -0.3 is 39.8 Å². The molecule has 0 aliphatic rings. The smallest absolute Gasteiger partial charge is 1.00 e. The van der Waals surface area contributed by atoms with E-state index in [1.165, 1.54) is 0 Å². The van der Waals surface area contributed by atoms with E-state index >= 15 is 0 Å². The van der Waals surface area contributed by atoms with Crippen molar-refractivity contribution in [3.05, 3.63) is 0 Å². The van der Waals surface area contributed by atoms with Crippen LogP contribution >= 0.6 is 0 Å². The van der Waals surface area contributed by atoms with E-state index < -0.39 is 0 Å². The SMILES string of the molecule is [Al+3].[Al+3].[Cl-].[OH-].[OH-].[OH-].[OH-].[OH-]. The van der Waals surface area contributed by atoms with Crippen LogP contribution in [0.25, 0.3) is 0 Å². The summed E-state index contributed by atoms with van der Waals surface area (Å²) in [6, 6.07) is 0. The Morgan fingerprint density at radius 3 is 0.375 bits per heavy atom. The summed E-state index contributed by atoms with van der Waals surface area (Å²) in [5, 5.41) is 0. The van der Waals surface area contributed by atoms with E-state index in [0.29, 0.717) is 0 Å². The summed E-state index contributed by atoms with van der Waals surface area (Å²) in [6.07, 6.45) is 0. The predicted molar refractivity (Wildman–Crippen MR) is 21.2 cm³/mol. The molecule has 8 heteroatoms. The average Bonchev–Trinajstić information content (AvgIpc) is 0. The molecule has 0 aromatic rings. The molecular weight excluding hydrogens is 169 g/mol. The summed E-state index contributed by atoms with van der Waals surface area (Å²) in [5.74, 6) is 0. The largest absolute Gasteiger partial charge is 3.00 e. The molecule has 0 aliphatic heterocycles. The van der Waals surface area contributed by atoms with Crippen molar-refractivity contribution in [3.8, 4) is 0 Å². The zero-order chi connectivity index (χ0) is 0. The maximum atomic E-state index is 0. The molecule has 0 fully saturated rings. The summed E-state index contributed by atoms with van der Waals surface area (Å²) in [6.45, 7) is 0. The second-order valence-electron chi connectivity index (χ2n) is 0. The van der Waals surface area contributed by atoms with E-state index in [4.69, 9.17) is 0 Å². The van der Waals surface area contributed by atoms with Crippen molar-refractivity contribution in [1.82, 2.24) is 0 Å². The van der Waals surface area contributed by atoms with Gasteiger partial charge in [-0.25, -0.2) is 0 Å². The maximum Gasteiger partial charge on any atom is 3.00 e. The number of hydrogen-bond acceptors (Lipinski definition) is 5. The molecule has 5 N–H and O–H groups in total. The third-order valence-electron chi connectivity index (χ3n) is 0. The van der Waals surface area contributed by atoms with Gasteiger partial charge in [0.1, 0.15) is 0 Å². The van der Waals surface area contributed by atoms with Gasteiger partial charge in [0.05, 0.1) is 0 Å². The van der Waals surface area contributed by atoms with Gasteiger partial charge in [-0.3, -0.25) is 0 Å². The molecule has 48 valence electrons. The number of rotatable bonds is 0. The molecule has 8 heavy (non-hydrogen) atoms. The molecule has 0 aromatic carbocycles. The summed E-state index contributed by atoms with van der Waals surface area (Å²) in [7, 11) is 0. The predicted octanol–water partition coefficient (Wildman–Crippen LogP) is -4.64. The third kappa shape index (κ3) is 203. The van der Waals surface area contributed by atoms with Crippen molar-refractivity contribution in [2.75, 3.05) is 0 Å². The number of hydrogen-bond donors (Lipinski definition) is 0. The van der Waals surface area contributed by atoms with E-state index in [-0.39, 0.29) is 74.5 Å². The Morgan fingerprint density at radius 2 is 0.375 bits per heavy atom. The molecule has 0 amide bonds. The monoisotopic (exact) mass is 174 g/mol. The first kappa shape index (κ1) is 456. The van der Waals surface area contributed by atoms with Gasteiger partial charge in [-0.1, -0.05) is 0 Å². The third-order valence-corrected chi connectivity index (χ3v) is 0. The first-order valence-electron chi connectivity index (χ1n) is 0.